The van der Waals surface area contributed by atoms with Crippen LogP contribution in [0.5, 0.6) is 0 Å². The van der Waals surface area contributed by atoms with Crippen LogP contribution in [-0.4, -0.2) is 77.2 Å². The number of carbonyl (C=O) groups is 4. The molecular formula is C74H66ClN9O8. The highest BCUT2D eigenvalue weighted by Gasteiger charge is 2.31. The van der Waals surface area contributed by atoms with Crippen LogP contribution < -0.4 is 17.1 Å². The Kier molecular flexibility index (Phi) is 22.2. The predicted molar refractivity (Wildman–Crippen MR) is 353 cm³/mol. The Labute approximate surface area is 537 Å². The first-order chi connectivity index (χ1) is 44.5. The van der Waals surface area contributed by atoms with Gasteiger partial charge in [-0.15, -0.1) is 0 Å². The number of rotatable bonds is 9. The molecule has 18 heteroatoms. The monoisotopic (exact) mass is 1240 g/mol. The van der Waals surface area contributed by atoms with Gasteiger partial charge < -0.3 is 20.4 Å². The third-order valence-electron chi connectivity index (χ3n) is 15.6. The van der Waals surface area contributed by atoms with Gasteiger partial charge in [-0.25, -0.2) is 50.9 Å². The zero-order valence-corrected chi connectivity index (χ0v) is 50.3. The standard InChI is InChI=1S/C21H18N2O2.C19H15N3O2.C13H11N.C13H8O.C7H7ClN2O2.CH4.H3NO/c1-2-25-21(24)14-12-22-20(23-13-14)11-19-17-9-5-3-7-15(17)16-8-4-6-10-18(16)19;23-19(22-24)12-10-20-18(21-11-12)9-17-15-7-3-1-5-13(15)14-6-2-4-8-16(14)17;2*14-13-11-7-3-1-5-9(11)10-6-2-4-8-12(10)13;1-2-12-6(11)5-3-9-7(8)10-4-5;;1-2/h3-10,12-13,19H,2,11H2,1H3;1-8,10-11,17,24H,9H2,(H,22,23);1-8,13H,14H2;1-8H;3-4H,2H2,1H3;1H4;2H,1H2. The third-order valence-corrected chi connectivity index (χ3v) is 15.8. The van der Waals surface area contributed by atoms with E-state index in [-0.39, 0.29) is 47.9 Å². The second-order valence-corrected chi connectivity index (χ2v) is 21.2. The van der Waals surface area contributed by atoms with Crippen LogP contribution in [0.2, 0.25) is 5.28 Å². The number of ketones is 1. The Morgan fingerprint density at radius 2 is 0.685 bits per heavy atom. The molecule has 7 N–H and O–H groups in total. The molecule has 0 saturated carbocycles. The summed E-state index contributed by atoms with van der Waals surface area (Å²) in [5.41, 5.74) is 27.8. The lowest BCUT2D eigenvalue weighted by atomic mass is 9.93. The van der Waals surface area contributed by atoms with Crippen molar-refractivity contribution in [3.8, 4) is 44.5 Å². The van der Waals surface area contributed by atoms with Gasteiger partial charge in [-0.2, -0.15) is 0 Å². The summed E-state index contributed by atoms with van der Waals surface area (Å²) in [6.07, 6.45) is 9.98. The normalized spacial score (nSPS) is 12.0. The van der Waals surface area contributed by atoms with Crippen LogP contribution in [-0.2, 0) is 22.3 Å². The zero-order valence-electron chi connectivity index (χ0n) is 49.6. The molecule has 17 nitrogen and oxygen atoms in total. The molecule has 15 rings (SSSR count). The quantitative estimate of drug-likeness (QED) is 0.0389. The number of nitrogens with one attached hydrogen (secondary N) is 1. The highest BCUT2D eigenvalue weighted by Crippen LogP contribution is 2.47. The summed E-state index contributed by atoms with van der Waals surface area (Å²) in [7, 11) is 0. The predicted octanol–water partition coefficient (Wildman–Crippen LogP) is 13.8. The lowest BCUT2D eigenvalue weighted by Gasteiger charge is -2.12. The number of aromatic nitrogens is 6. The Bertz CT molecular complexity index is 4200. The van der Waals surface area contributed by atoms with E-state index >= 15 is 0 Å². The minimum absolute atomic E-state index is 0. The van der Waals surface area contributed by atoms with Crippen molar-refractivity contribution in [1.82, 2.24) is 35.4 Å². The van der Waals surface area contributed by atoms with Gasteiger partial charge in [0.15, 0.2) is 5.78 Å². The molecule has 0 radical (unpaired) electrons. The molecule has 0 aliphatic heterocycles. The summed E-state index contributed by atoms with van der Waals surface area (Å²) in [6.45, 7) is 4.19. The smallest absolute Gasteiger partial charge is 0.341 e. The van der Waals surface area contributed by atoms with Gasteiger partial charge in [0.25, 0.3) is 5.91 Å². The summed E-state index contributed by atoms with van der Waals surface area (Å²) >= 11 is 5.42. The van der Waals surface area contributed by atoms with Crippen molar-refractivity contribution in [1.29, 1.82) is 0 Å². The van der Waals surface area contributed by atoms with Crippen molar-refractivity contribution >= 4 is 35.2 Å². The summed E-state index contributed by atoms with van der Waals surface area (Å²) in [6, 6.07) is 66.0. The Hall–Kier alpha value is -10.8. The molecule has 11 aromatic rings. The Morgan fingerprint density at radius 1 is 0.424 bits per heavy atom. The van der Waals surface area contributed by atoms with Crippen LogP contribution in [0.3, 0.4) is 0 Å². The van der Waals surface area contributed by atoms with Gasteiger partial charge in [-0.3, -0.25) is 14.8 Å². The summed E-state index contributed by atoms with van der Waals surface area (Å²) in [5, 5.41) is 15.3. The van der Waals surface area contributed by atoms with Crippen molar-refractivity contribution in [2.24, 2.45) is 11.6 Å². The molecule has 0 unspecified atom stereocenters. The number of hydrogen-bond donors (Lipinski definition) is 5. The molecule has 0 spiro atoms. The number of hydroxylamine groups is 1. The molecule has 0 atom stereocenters. The van der Waals surface area contributed by atoms with Crippen LogP contribution in [0.25, 0.3) is 44.5 Å². The lowest BCUT2D eigenvalue weighted by Crippen LogP contribution is -2.19. The van der Waals surface area contributed by atoms with E-state index < -0.39 is 11.9 Å². The fourth-order valence-electron chi connectivity index (χ4n) is 11.6. The van der Waals surface area contributed by atoms with Crippen molar-refractivity contribution in [3.63, 3.8) is 0 Å². The number of hydrogen-bond acceptors (Lipinski definition) is 16. The molecular weight excluding hydrogens is 1180 g/mol. The number of benzene rings is 8. The van der Waals surface area contributed by atoms with Crippen LogP contribution >= 0.6 is 11.6 Å². The number of nitrogens with zero attached hydrogens (tertiary/aromatic N) is 6. The van der Waals surface area contributed by atoms with E-state index in [2.05, 4.69) is 157 Å². The van der Waals surface area contributed by atoms with Gasteiger partial charge >= 0.3 is 11.9 Å². The van der Waals surface area contributed by atoms with E-state index in [4.69, 9.17) is 37.2 Å². The highest BCUT2D eigenvalue weighted by molar-refractivity contribution is 6.28. The molecule has 8 aromatic carbocycles. The van der Waals surface area contributed by atoms with Gasteiger partial charge in [0, 0.05) is 73.0 Å². The van der Waals surface area contributed by atoms with Crippen LogP contribution in [0, 0.1) is 0 Å². The topological polar surface area (TPSA) is 269 Å². The lowest BCUT2D eigenvalue weighted by molar-refractivity contribution is 0.0515. The average molecular weight is 1240 g/mol. The highest BCUT2D eigenvalue weighted by atomic mass is 35.5. The molecule has 0 fully saturated rings. The van der Waals surface area contributed by atoms with E-state index in [0.717, 1.165) is 28.1 Å². The van der Waals surface area contributed by atoms with Crippen LogP contribution in [0.4, 0.5) is 0 Å². The van der Waals surface area contributed by atoms with Crippen LogP contribution in [0.15, 0.2) is 231 Å². The summed E-state index contributed by atoms with van der Waals surface area (Å²) in [5.74, 6) is 4.05. The maximum atomic E-state index is 11.9. The Morgan fingerprint density at radius 3 is 1.00 bits per heavy atom. The first-order valence-corrected chi connectivity index (χ1v) is 29.6. The van der Waals surface area contributed by atoms with Gasteiger partial charge in [0.2, 0.25) is 5.28 Å². The maximum Gasteiger partial charge on any atom is 0.341 e. The first kappa shape index (κ1) is 65.7. The molecule has 462 valence electrons. The molecule has 0 saturated heterocycles. The van der Waals surface area contributed by atoms with E-state index in [9.17, 15) is 19.2 Å². The molecule has 4 aliphatic carbocycles. The second kappa shape index (κ2) is 31.1. The molecule has 92 heavy (non-hydrogen) atoms. The maximum absolute atomic E-state index is 11.9. The number of amides is 1. The summed E-state index contributed by atoms with van der Waals surface area (Å²) < 4.78 is 9.68. The van der Waals surface area contributed by atoms with Crippen LogP contribution in [0.1, 0.15) is 131 Å². The number of fused-ring (bicyclic) bond motifs is 12. The third kappa shape index (κ3) is 14.4. The fourth-order valence-corrected chi connectivity index (χ4v) is 11.6. The Balaban J connectivity index is 0.000000139. The van der Waals surface area contributed by atoms with Gasteiger partial charge in [-0.05, 0) is 103 Å². The number of ether oxygens (including phenoxy) is 2. The van der Waals surface area contributed by atoms with Crippen molar-refractivity contribution in [2.75, 3.05) is 13.2 Å². The number of nitrogens with two attached hydrogens (primary N) is 2. The molecule has 1 amide bonds. The van der Waals surface area contributed by atoms with Gasteiger partial charge in [0.05, 0.1) is 35.9 Å². The van der Waals surface area contributed by atoms with E-state index in [0.29, 0.717) is 43.0 Å². The minimum atomic E-state index is -0.613. The van der Waals surface area contributed by atoms with Crippen molar-refractivity contribution < 1.29 is 39.1 Å². The molecule has 0 bridgehead atoms. The van der Waals surface area contributed by atoms with Gasteiger partial charge in [-0.1, -0.05) is 202 Å². The molecule has 3 heterocycles. The fraction of sp³-hybridized carbons (Fsp3) is 0.135. The first-order valence-electron chi connectivity index (χ1n) is 29.2. The van der Waals surface area contributed by atoms with E-state index in [1.165, 1.54) is 91.5 Å². The van der Waals surface area contributed by atoms with Crippen molar-refractivity contribution in [3.05, 3.63) is 309 Å². The number of halogens is 1. The molecule has 3 aromatic heterocycles. The van der Waals surface area contributed by atoms with E-state index in [1.54, 1.807) is 31.7 Å². The average Bonchev–Trinajstić information content (AvgIpc) is 1.68. The SMILES string of the molecule is C.CCOC(=O)c1cnc(CC2c3ccccc3-c3ccccc32)nc1.CCOC(=O)c1cnc(Cl)nc1.NC1c2ccccc2-c2ccccc21.NO.O=C(NO)c1cnc(CC2c3ccccc3-c3ccccc32)nc1.O=C1c2ccccc2-c2ccccc21. The van der Waals surface area contributed by atoms with Crippen molar-refractivity contribution in [2.45, 2.75) is 52.0 Å². The number of esters is 2. The number of carbonyl (C=O) groups excluding carboxylic acids is 4. The zero-order chi connectivity index (χ0) is 63.8. The summed E-state index contributed by atoms with van der Waals surface area (Å²) in [4.78, 5) is 70.6. The van der Waals surface area contributed by atoms with E-state index in [1.807, 2.05) is 72.8 Å². The second-order valence-electron chi connectivity index (χ2n) is 20.8. The minimum Gasteiger partial charge on any atom is -0.462 e. The molecule has 4 aliphatic rings. The largest absolute Gasteiger partial charge is 0.462 e. The van der Waals surface area contributed by atoms with Gasteiger partial charge in [0.1, 0.15) is 11.6 Å².